The quantitative estimate of drug-likeness (QED) is 0.829. The van der Waals surface area contributed by atoms with Gasteiger partial charge in [-0.1, -0.05) is 23.7 Å². The average Bonchev–Trinajstić information content (AvgIpc) is 2.73. The zero-order chi connectivity index (χ0) is 19.3. The Balaban J connectivity index is 1.41. The fourth-order valence-electron chi connectivity index (χ4n) is 3.44. The van der Waals surface area contributed by atoms with Crippen LogP contribution in [-0.2, 0) is 16.0 Å². The van der Waals surface area contributed by atoms with Gasteiger partial charge in [-0.2, -0.15) is 0 Å². The number of rotatable bonds is 5. The molecule has 0 aromatic heterocycles. The lowest BCUT2D eigenvalue weighted by Crippen LogP contribution is -2.37. The van der Waals surface area contributed by atoms with E-state index in [-0.39, 0.29) is 5.91 Å². The largest absolute Gasteiger partial charge is 0.486 e. The third-order valence-corrected chi connectivity index (χ3v) is 5.14. The van der Waals surface area contributed by atoms with Crippen molar-refractivity contribution in [2.45, 2.75) is 12.8 Å². The van der Waals surface area contributed by atoms with Crippen molar-refractivity contribution in [2.75, 3.05) is 49.7 Å². The molecule has 2 aromatic rings. The van der Waals surface area contributed by atoms with Crippen molar-refractivity contribution >= 4 is 28.9 Å². The second-order valence-electron chi connectivity index (χ2n) is 6.76. The number of nitrogens with one attached hydrogen (secondary N) is 1. The molecule has 2 aromatic carbocycles. The molecule has 0 atom stereocenters. The smallest absolute Gasteiger partial charge is 0.224 e. The van der Waals surface area contributed by atoms with Crippen LogP contribution in [0.1, 0.15) is 12.0 Å². The number of amides is 1. The third kappa shape index (κ3) is 4.34. The highest BCUT2D eigenvalue weighted by Gasteiger charge is 2.19. The van der Waals surface area contributed by atoms with Crippen LogP contribution < -0.4 is 19.7 Å². The number of carbonyl (C=O) groups excluding carboxylic acids is 1. The number of ether oxygens (including phenoxy) is 3. The number of anilines is 2. The molecule has 2 aliphatic rings. The molecular formula is C21H23ClN2O4. The SMILES string of the molecule is O=C(CCc1ccc2c(c1)OCCO2)Nc1cccc(Cl)c1N1CCOCC1. The molecule has 1 N–H and O–H groups in total. The minimum Gasteiger partial charge on any atom is -0.486 e. The zero-order valence-electron chi connectivity index (χ0n) is 15.6. The summed E-state index contributed by atoms with van der Waals surface area (Å²) in [5, 5.41) is 3.65. The molecule has 0 unspecified atom stereocenters. The van der Waals surface area contributed by atoms with Gasteiger partial charge in [0.15, 0.2) is 11.5 Å². The number of carbonyl (C=O) groups is 1. The molecule has 2 aliphatic heterocycles. The average molecular weight is 403 g/mol. The van der Waals surface area contributed by atoms with Crippen molar-refractivity contribution in [1.82, 2.24) is 0 Å². The van der Waals surface area contributed by atoms with Crippen LogP contribution >= 0.6 is 11.6 Å². The summed E-state index contributed by atoms with van der Waals surface area (Å²) in [5.41, 5.74) is 2.64. The molecule has 1 fully saturated rings. The Morgan fingerprint density at radius 3 is 2.64 bits per heavy atom. The molecule has 1 amide bonds. The van der Waals surface area contributed by atoms with Gasteiger partial charge in [0.05, 0.1) is 29.6 Å². The first-order valence-electron chi connectivity index (χ1n) is 9.50. The number of morpholine rings is 1. The normalized spacial score (nSPS) is 16.0. The van der Waals surface area contributed by atoms with Gasteiger partial charge in [-0.05, 0) is 36.2 Å². The maximum absolute atomic E-state index is 12.6. The van der Waals surface area contributed by atoms with Crippen molar-refractivity contribution in [1.29, 1.82) is 0 Å². The second-order valence-corrected chi connectivity index (χ2v) is 7.17. The molecule has 6 nitrogen and oxygen atoms in total. The maximum Gasteiger partial charge on any atom is 0.224 e. The van der Waals surface area contributed by atoms with Gasteiger partial charge < -0.3 is 24.4 Å². The topological polar surface area (TPSA) is 60.0 Å². The van der Waals surface area contributed by atoms with E-state index < -0.39 is 0 Å². The van der Waals surface area contributed by atoms with Crippen LogP contribution in [0.5, 0.6) is 11.5 Å². The summed E-state index contributed by atoms with van der Waals surface area (Å²) >= 11 is 6.43. The van der Waals surface area contributed by atoms with Crippen LogP contribution in [0.4, 0.5) is 11.4 Å². The lowest BCUT2D eigenvalue weighted by Gasteiger charge is -2.31. The van der Waals surface area contributed by atoms with Crippen LogP contribution in [0.25, 0.3) is 0 Å². The van der Waals surface area contributed by atoms with E-state index in [1.165, 1.54) is 0 Å². The highest BCUT2D eigenvalue weighted by molar-refractivity contribution is 6.34. The number of aryl methyl sites for hydroxylation is 1. The molecule has 0 spiro atoms. The molecule has 1 saturated heterocycles. The molecule has 2 heterocycles. The maximum atomic E-state index is 12.6. The Kier molecular flexibility index (Phi) is 5.88. The predicted molar refractivity (Wildman–Crippen MR) is 109 cm³/mol. The molecule has 28 heavy (non-hydrogen) atoms. The van der Waals surface area contributed by atoms with E-state index in [1.54, 1.807) is 0 Å². The molecule has 7 heteroatoms. The summed E-state index contributed by atoms with van der Waals surface area (Å²) in [4.78, 5) is 14.7. The molecule has 4 rings (SSSR count). The van der Waals surface area contributed by atoms with Crippen LogP contribution in [0.2, 0.25) is 5.02 Å². The monoisotopic (exact) mass is 402 g/mol. The van der Waals surface area contributed by atoms with Gasteiger partial charge >= 0.3 is 0 Å². The zero-order valence-corrected chi connectivity index (χ0v) is 16.3. The lowest BCUT2D eigenvalue weighted by molar-refractivity contribution is -0.116. The first-order valence-corrected chi connectivity index (χ1v) is 9.88. The minimum atomic E-state index is -0.0494. The number of nitrogens with zero attached hydrogens (tertiary/aromatic N) is 1. The van der Waals surface area contributed by atoms with Gasteiger partial charge in [0.25, 0.3) is 0 Å². The van der Waals surface area contributed by atoms with E-state index in [9.17, 15) is 4.79 Å². The van der Waals surface area contributed by atoms with E-state index in [0.29, 0.717) is 44.3 Å². The summed E-state index contributed by atoms with van der Waals surface area (Å²) in [6.45, 7) is 3.94. The first-order chi connectivity index (χ1) is 13.7. The van der Waals surface area contributed by atoms with Gasteiger partial charge in [0, 0.05) is 19.5 Å². The van der Waals surface area contributed by atoms with Crippen LogP contribution in [0, 0.1) is 0 Å². The summed E-state index contributed by atoms with van der Waals surface area (Å²) in [7, 11) is 0. The third-order valence-electron chi connectivity index (χ3n) is 4.84. The second kappa shape index (κ2) is 8.71. The van der Waals surface area contributed by atoms with Gasteiger partial charge in [-0.3, -0.25) is 4.79 Å². The van der Waals surface area contributed by atoms with Gasteiger partial charge in [-0.15, -0.1) is 0 Å². The fourth-order valence-corrected chi connectivity index (χ4v) is 3.73. The summed E-state index contributed by atoms with van der Waals surface area (Å²) < 4.78 is 16.6. The highest BCUT2D eigenvalue weighted by Crippen LogP contribution is 2.35. The summed E-state index contributed by atoms with van der Waals surface area (Å²) in [5.74, 6) is 1.45. The Hall–Kier alpha value is -2.44. The van der Waals surface area contributed by atoms with Crippen molar-refractivity contribution in [3.63, 3.8) is 0 Å². The first kappa shape index (κ1) is 18.9. The Labute approximate surface area is 169 Å². The summed E-state index contributed by atoms with van der Waals surface area (Å²) in [6.07, 6.45) is 0.991. The van der Waals surface area contributed by atoms with E-state index in [1.807, 2.05) is 36.4 Å². The lowest BCUT2D eigenvalue weighted by atomic mass is 10.1. The Bertz CT molecular complexity index is 852. The molecule has 0 aliphatic carbocycles. The number of para-hydroxylation sites is 1. The fraction of sp³-hybridized carbons (Fsp3) is 0.381. The van der Waals surface area contributed by atoms with E-state index in [0.717, 1.165) is 41.5 Å². The Morgan fingerprint density at radius 2 is 1.82 bits per heavy atom. The Morgan fingerprint density at radius 1 is 1.04 bits per heavy atom. The van der Waals surface area contributed by atoms with Gasteiger partial charge in [-0.25, -0.2) is 0 Å². The van der Waals surface area contributed by atoms with E-state index in [4.69, 9.17) is 25.8 Å². The number of hydrogen-bond acceptors (Lipinski definition) is 5. The molecule has 0 radical (unpaired) electrons. The summed E-state index contributed by atoms with van der Waals surface area (Å²) in [6, 6.07) is 11.4. The minimum absolute atomic E-state index is 0.0494. The molecule has 0 saturated carbocycles. The molecular weight excluding hydrogens is 380 g/mol. The van der Waals surface area contributed by atoms with E-state index in [2.05, 4.69) is 10.2 Å². The van der Waals surface area contributed by atoms with Crippen LogP contribution in [-0.4, -0.2) is 45.4 Å². The molecule has 0 bridgehead atoms. The van der Waals surface area contributed by atoms with Gasteiger partial charge in [0.1, 0.15) is 13.2 Å². The number of benzene rings is 2. The van der Waals surface area contributed by atoms with Crippen molar-refractivity contribution in [3.8, 4) is 11.5 Å². The number of hydrogen-bond donors (Lipinski definition) is 1. The van der Waals surface area contributed by atoms with Gasteiger partial charge in [0.2, 0.25) is 5.91 Å². The number of fused-ring (bicyclic) bond motifs is 1. The molecule has 148 valence electrons. The van der Waals surface area contributed by atoms with Crippen LogP contribution in [0.3, 0.4) is 0 Å². The predicted octanol–water partition coefficient (Wildman–Crippen LogP) is 3.52. The number of halogens is 1. The van der Waals surface area contributed by atoms with Crippen LogP contribution in [0.15, 0.2) is 36.4 Å². The van der Waals surface area contributed by atoms with E-state index >= 15 is 0 Å². The van der Waals surface area contributed by atoms with Crippen molar-refractivity contribution in [3.05, 3.63) is 47.0 Å². The van der Waals surface area contributed by atoms with Crippen molar-refractivity contribution < 1.29 is 19.0 Å². The standard InChI is InChI=1S/C21H23ClN2O4/c22-16-2-1-3-17(21(16)24-8-10-26-11-9-24)23-20(25)7-5-15-4-6-18-19(14-15)28-13-12-27-18/h1-4,6,14H,5,7-13H2,(H,23,25). The van der Waals surface area contributed by atoms with Crippen molar-refractivity contribution in [2.24, 2.45) is 0 Å². The highest BCUT2D eigenvalue weighted by atomic mass is 35.5.